The minimum Gasteiger partial charge on any atom is -0.478 e. The molecule has 0 aliphatic rings. The van der Waals surface area contributed by atoms with E-state index in [0.717, 1.165) is 33.1 Å². The summed E-state index contributed by atoms with van der Waals surface area (Å²) in [6.07, 6.45) is 4.51. The van der Waals surface area contributed by atoms with Gasteiger partial charge in [-0.05, 0) is 30.3 Å². The highest BCUT2D eigenvalue weighted by atomic mass is 79.9. The van der Waals surface area contributed by atoms with Crippen molar-refractivity contribution in [1.82, 2.24) is 9.78 Å². The molecule has 0 aliphatic carbocycles. The quantitative estimate of drug-likeness (QED) is 0.694. The molecule has 0 atom stereocenters. The predicted molar refractivity (Wildman–Crippen MR) is 93.4 cm³/mol. The van der Waals surface area contributed by atoms with Gasteiger partial charge in [0.05, 0.1) is 11.4 Å². The number of halogens is 1. The van der Waals surface area contributed by atoms with E-state index in [4.69, 9.17) is 5.11 Å². The van der Waals surface area contributed by atoms with Crippen molar-refractivity contribution in [2.24, 2.45) is 0 Å². The number of carbonyl (C=O) groups is 1. The Bertz CT molecular complexity index is 852. The van der Waals surface area contributed by atoms with Crippen LogP contribution >= 0.6 is 15.9 Å². The van der Waals surface area contributed by atoms with Crippen LogP contribution in [0.5, 0.6) is 0 Å². The van der Waals surface area contributed by atoms with Crippen molar-refractivity contribution in [1.29, 1.82) is 0 Å². The van der Waals surface area contributed by atoms with Crippen LogP contribution in [0.4, 0.5) is 0 Å². The normalized spacial score (nSPS) is 11.0. The average Bonchev–Trinajstić information content (AvgIpc) is 2.99. The molecule has 0 spiro atoms. The van der Waals surface area contributed by atoms with E-state index in [2.05, 4.69) is 21.0 Å². The molecule has 0 radical (unpaired) electrons. The maximum Gasteiger partial charge on any atom is 0.328 e. The monoisotopic (exact) mass is 368 g/mol. The van der Waals surface area contributed by atoms with Gasteiger partial charge in [0, 0.05) is 27.9 Å². The smallest absolute Gasteiger partial charge is 0.328 e. The van der Waals surface area contributed by atoms with Gasteiger partial charge >= 0.3 is 5.97 Å². The summed E-state index contributed by atoms with van der Waals surface area (Å²) in [5.74, 6) is -0.987. The van der Waals surface area contributed by atoms with Crippen molar-refractivity contribution in [2.75, 3.05) is 0 Å². The van der Waals surface area contributed by atoms with E-state index < -0.39 is 5.97 Å². The molecule has 23 heavy (non-hydrogen) atoms. The lowest BCUT2D eigenvalue weighted by Crippen LogP contribution is -1.93. The Labute approximate surface area is 141 Å². The number of carboxylic acid groups (broad SMARTS) is 1. The van der Waals surface area contributed by atoms with Crippen LogP contribution < -0.4 is 0 Å². The SMILES string of the molecule is O=C(O)/C=C\c1cn(-c2ccccc2)nc1-c1ccc(Br)cc1. The highest BCUT2D eigenvalue weighted by Gasteiger charge is 2.10. The van der Waals surface area contributed by atoms with Crippen LogP contribution in [0.2, 0.25) is 0 Å². The molecule has 1 N–H and O–H groups in total. The van der Waals surface area contributed by atoms with Crippen molar-refractivity contribution in [3.05, 3.63) is 76.9 Å². The number of aromatic nitrogens is 2. The van der Waals surface area contributed by atoms with Crippen LogP contribution in [-0.2, 0) is 4.79 Å². The van der Waals surface area contributed by atoms with Crippen molar-refractivity contribution >= 4 is 28.0 Å². The van der Waals surface area contributed by atoms with Crippen molar-refractivity contribution in [3.63, 3.8) is 0 Å². The Morgan fingerprint density at radius 2 is 1.78 bits per heavy atom. The first-order valence-electron chi connectivity index (χ1n) is 6.95. The molecule has 114 valence electrons. The predicted octanol–water partition coefficient (Wildman–Crippen LogP) is 4.40. The third-order valence-electron chi connectivity index (χ3n) is 3.29. The zero-order chi connectivity index (χ0) is 16.2. The van der Waals surface area contributed by atoms with Gasteiger partial charge in [0.15, 0.2) is 0 Å². The Morgan fingerprint density at radius 1 is 1.09 bits per heavy atom. The highest BCUT2D eigenvalue weighted by Crippen LogP contribution is 2.26. The number of rotatable bonds is 4. The topological polar surface area (TPSA) is 55.1 Å². The summed E-state index contributed by atoms with van der Waals surface area (Å²) in [4.78, 5) is 10.8. The molecular weight excluding hydrogens is 356 g/mol. The van der Waals surface area contributed by atoms with E-state index in [0.29, 0.717) is 0 Å². The Hall–Kier alpha value is -2.66. The van der Waals surface area contributed by atoms with Gasteiger partial charge in [-0.1, -0.05) is 46.3 Å². The van der Waals surface area contributed by atoms with Gasteiger partial charge in [-0.3, -0.25) is 0 Å². The fourth-order valence-corrected chi connectivity index (χ4v) is 2.48. The lowest BCUT2D eigenvalue weighted by molar-refractivity contribution is -0.131. The molecule has 0 saturated heterocycles. The minimum absolute atomic E-state index is 0.735. The first-order chi connectivity index (χ1) is 11.1. The first-order valence-corrected chi connectivity index (χ1v) is 7.75. The van der Waals surface area contributed by atoms with Gasteiger partial charge in [-0.2, -0.15) is 5.10 Å². The molecule has 5 heteroatoms. The summed E-state index contributed by atoms with van der Waals surface area (Å²) in [5.41, 5.74) is 3.33. The van der Waals surface area contributed by atoms with Gasteiger partial charge in [-0.15, -0.1) is 0 Å². The summed E-state index contributed by atoms with van der Waals surface area (Å²) in [7, 11) is 0. The second-order valence-electron chi connectivity index (χ2n) is 4.89. The Balaban J connectivity index is 2.10. The molecule has 0 bridgehead atoms. The summed E-state index contributed by atoms with van der Waals surface area (Å²) >= 11 is 3.41. The van der Waals surface area contributed by atoms with E-state index in [1.807, 2.05) is 60.8 Å². The van der Waals surface area contributed by atoms with Crippen LogP contribution in [0.25, 0.3) is 23.0 Å². The average molecular weight is 369 g/mol. The number of benzene rings is 2. The van der Waals surface area contributed by atoms with Crippen LogP contribution in [0.1, 0.15) is 5.56 Å². The Morgan fingerprint density at radius 3 is 2.43 bits per heavy atom. The third kappa shape index (κ3) is 3.57. The van der Waals surface area contributed by atoms with Crippen LogP contribution in [0, 0.1) is 0 Å². The van der Waals surface area contributed by atoms with Gasteiger partial charge in [0.1, 0.15) is 0 Å². The molecule has 1 heterocycles. The standard InChI is InChI=1S/C18H13BrN2O2/c19-15-9-6-13(7-10-15)18-14(8-11-17(22)23)12-21(20-18)16-4-2-1-3-5-16/h1-12H,(H,22,23)/b11-8-. The molecule has 0 amide bonds. The van der Waals surface area contributed by atoms with Crippen molar-refractivity contribution in [2.45, 2.75) is 0 Å². The second kappa shape index (κ2) is 6.62. The lowest BCUT2D eigenvalue weighted by atomic mass is 10.1. The zero-order valence-electron chi connectivity index (χ0n) is 12.1. The summed E-state index contributed by atoms with van der Waals surface area (Å²) in [6.45, 7) is 0. The molecule has 0 fully saturated rings. The molecule has 1 aromatic heterocycles. The minimum atomic E-state index is -0.987. The Kier molecular flexibility index (Phi) is 4.39. The van der Waals surface area contributed by atoms with E-state index >= 15 is 0 Å². The molecule has 0 saturated carbocycles. The number of para-hydroxylation sites is 1. The first kappa shape index (κ1) is 15.2. The van der Waals surface area contributed by atoms with E-state index in [1.54, 1.807) is 10.8 Å². The van der Waals surface area contributed by atoms with Gasteiger partial charge in [0.25, 0.3) is 0 Å². The number of aliphatic carboxylic acids is 1. The van der Waals surface area contributed by atoms with Crippen molar-refractivity contribution in [3.8, 4) is 16.9 Å². The van der Waals surface area contributed by atoms with Crippen molar-refractivity contribution < 1.29 is 9.90 Å². The molecule has 0 unspecified atom stereocenters. The van der Waals surface area contributed by atoms with Gasteiger partial charge < -0.3 is 5.11 Å². The molecule has 4 nitrogen and oxygen atoms in total. The van der Waals surface area contributed by atoms with Crippen LogP contribution in [-0.4, -0.2) is 20.9 Å². The molecular formula is C18H13BrN2O2. The van der Waals surface area contributed by atoms with E-state index in [-0.39, 0.29) is 0 Å². The summed E-state index contributed by atoms with van der Waals surface area (Å²) < 4.78 is 2.73. The van der Waals surface area contributed by atoms with Gasteiger partial charge in [-0.25, -0.2) is 9.48 Å². The van der Waals surface area contributed by atoms with Crippen LogP contribution in [0.3, 0.4) is 0 Å². The van der Waals surface area contributed by atoms with Crippen LogP contribution in [0.15, 0.2) is 71.3 Å². The fourth-order valence-electron chi connectivity index (χ4n) is 2.22. The highest BCUT2D eigenvalue weighted by molar-refractivity contribution is 9.10. The molecule has 3 aromatic rings. The maximum atomic E-state index is 10.8. The maximum absolute atomic E-state index is 10.8. The number of carboxylic acids is 1. The zero-order valence-corrected chi connectivity index (χ0v) is 13.6. The number of hydrogen-bond acceptors (Lipinski definition) is 2. The lowest BCUT2D eigenvalue weighted by Gasteiger charge is -2.00. The third-order valence-corrected chi connectivity index (χ3v) is 3.82. The van der Waals surface area contributed by atoms with Gasteiger partial charge in [0.2, 0.25) is 0 Å². The second-order valence-corrected chi connectivity index (χ2v) is 5.81. The number of nitrogens with zero attached hydrogens (tertiary/aromatic N) is 2. The van der Waals surface area contributed by atoms with E-state index in [9.17, 15) is 4.79 Å². The molecule has 0 aliphatic heterocycles. The molecule has 2 aromatic carbocycles. The number of hydrogen-bond donors (Lipinski definition) is 1. The summed E-state index contributed by atoms with van der Waals surface area (Å²) in [5, 5.41) is 13.5. The fraction of sp³-hybridized carbons (Fsp3) is 0. The molecule has 3 rings (SSSR count). The largest absolute Gasteiger partial charge is 0.478 e. The summed E-state index contributed by atoms with van der Waals surface area (Å²) in [6, 6.07) is 17.5. The van der Waals surface area contributed by atoms with E-state index in [1.165, 1.54) is 0 Å².